The Labute approximate surface area is 161 Å². The summed E-state index contributed by atoms with van der Waals surface area (Å²) in [4.78, 5) is 26.9. The second-order valence-corrected chi connectivity index (χ2v) is 6.51. The van der Waals surface area contributed by atoms with Crippen molar-refractivity contribution in [3.05, 3.63) is 65.1 Å². The smallest absolute Gasteiger partial charge is 0.336 e. The number of benzene rings is 2. The Morgan fingerprint density at radius 2 is 1.75 bits per heavy atom. The van der Waals surface area contributed by atoms with Crippen LogP contribution in [0.4, 0.5) is 10.1 Å². The molecule has 1 amide bonds. The van der Waals surface area contributed by atoms with Gasteiger partial charge in [0.2, 0.25) is 5.91 Å². The van der Waals surface area contributed by atoms with E-state index in [-0.39, 0.29) is 18.9 Å². The van der Waals surface area contributed by atoms with Crippen LogP contribution in [0.2, 0.25) is 0 Å². The monoisotopic (exact) mass is 383 g/mol. The second-order valence-electron chi connectivity index (χ2n) is 6.51. The molecule has 2 heterocycles. The first-order valence-electron chi connectivity index (χ1n) is 8.74. The molecular weight excluding hydrogens is 365 g/mol. The lowest BCUT2D eigenvalue weighted by molar-refractivity contribution is -0.136. The summed E-state index contributed by atoms with van der Waals surface area (Å²) in [5.41, 5.74) is 2.20. The van der Waals surface area contributed by atoms with E-state index in [4.69, 9.17) is 14.2 Å². The van der Waals surface area contributed by atoms with Gasteiger partial charge in [-0.05, 0) is 42.0 Å². The molecule has 7 heteroatoms. The molecule has 0 unspecified atom stereocenters. The molecule has 0 spiro atoms. The number of cyclic esters (lactones) is 1. The number of nitrogens with zero attached hydrogens (tertiary/aromatic N) is 1. The highest BCUT2D eigenvalue weighted by Gasteiger charge is 2.43. The van der Waals surface area contributed by atoms with Gasteiger partial charge in [-0.15, -0.1) is 0 Å². The molecule has 28 heavy (non-hydrogen) atoms. The molecule has 144 valence electrons. The summed E-state index contributed by atoms with van der Waals surface area (Å²) in [6, 6.07) is 10.9. The summed E-state index contributed by atoms with van der Waals surface area (Å²) in [5, 5.41) is 0. The summed E-state index contributed by atoms with van der Waals surface area (Å²) >= 11 is 0. The van der Waals surface area contributed by atoms with E-state index in [1.807, 2.05) is 6.07 Å². The zero-order valence-electron chi connectivity index (χ0n) is 15.4. The van der Waals surface area contributed by atoms with Crippen LogP contribution in [0.25, 0.3) is 0 Å². The largest absolute Gasteiger partial charge is 0.493 e. The zero-order chi connectivity index (χ0) is 19.8. The lowest BCUT2D eigenvalue weighted by Crippen LogP contribution is -2.37. The number of hydrogen-bond acceptors (Lipinski definition) is 5. The van der Waals surface area contributed by atoms with Gasteiger partial charge in [-0.2, -0.15) is 0 Å². The molecular formula is C21H18FNO5. The van der Waals surface area contributed by atoms with Gasteiger partial charge < -0.3 is 14.2 Å². The van der Waals surface area contributed by atoms with E-state index < -0.39 is 17.7 Å². The van der Waals surface area contributed by atoms with E-state index in [0.29, 0.717) is 28.5 Å². The summed E-state index contributed by atoms with van der Waals surface area (Å²) in [5.74, 6) is -0.414. The molecule has 4 rings (SSSR count). The Kier molecular flexibility index (Phi) is 4.50. The molecule has 0 radical (unpaired) electrons. The predicted molar refractivity (Wildman–Crippen MR) is 98.8 cm³/mol. The summed E-state index contributed by atoms with van der Waals surface area (Å²) in [7, 11) is 3.07. The van der Waals surface area contributed by atoms with Crippen molar-refractivity contribution >= 4 is 17.6 Å². The number of carbonyl (C=O) groups is 2. The molecule has 0 N–H and O–H groups in total. The Balaban J connectivity index is 1.80. The van der Waals surface area contributed by atoms with Gasteiger partial charge in [-0.25, -0.2) is 9.18 Å². The van der Waals surface area contributed by atoms with Crippen molar-refractivity contribution in [2.45, 2.75) is 12.3 Å². The number of halogens is 1. The Morgan fingerprint density at radius 1 is 1.04 bits per heavy atom. The molecule has 0 saturated carbocycles. The molecule has 0 bridgehead atoms. The van der Waals surface area contributed by atoms with Crippen LogP contribution in [-0.2, 0) is 14.3 Å². The van der Waals surface area contributed by atoms with E-state index >= 15 is 0 Å². The van der Waals surface area contributed by atoms with Crippen LogP contribution in [0.15, 0.2) is 53.7 Å². The number of carbonyl (C=O) groups excluding carboxylic acids is 2. The Bertz CT molecular complexity index is 983. The van der Waals surface area contributed by atoms with Gasteiger partial charge in [-0.1, -0.05) is 6.07 Å². The number of rotatable bonds is 4. The maximum Gasteiger partial charge on any atom is 0.336 e. The van der Waals surface area contributed by atoms with Crippen LogP contribution in [0.3, 0.4) is 0 Å². The molecule has 0 fully saturated rings. The first-order valence-corrected chi connectivity index (χ1v) is 8.74. The average Bonchev–Trinajstić information content (AvgIpc) is 3.09. The molecule has 6 nitrogen and oxygen atoms in total. The molecule has 2 aliphatic heterocycles. The summed E-state index contributed by atoms with van der Waals surface area (Å²) < 4.78 is 29.1. The van der Waals surface area contributed by atoms with Crippen molar-refractivity contribution in [3.8, 4) is 11.5 Å². The third-order valence-electron chi connectivity index (χ3n) is 5.01. The molecule has 2 aromatic rings. The summed E-state index contributed by atoms with van der Waals surface area (Å²) in [6.45, 7) is 0.00106. The number of methoxy groups -OCH3 is 2. The van der Waals surface area contributed by atoms with Crippen molar-refractivity contribution in [2.75, 3.05) is 25.7 Å². The van der Waals surface area contributed by atoms with Gasteiger partial charge in [0.1, 0.15) is 12.4 Å². The van der Waals surface area contributed by atoms with Crippen LogP contribution in [0, 0.1) is 5.82 Å². The molecule has 0 saturated heterocycles. The van der Waals surface area contributed by atoms with E-state index in [2.05, 4.69) is 0 Å². The minimum Gasteiger partial charge on any atom is -0.493 e. The molecule has 1 atom stereocenters. The Hall–Kier alpha value is -3.35. The van der Waals surface area contributed by atoms with E-state index in [1.54, 1.807) is 12.1 Å². The van der Waals surface area contributed by atoms with Gasteiger partial charge in [-0.3, -0.25) is 9.69 Å². The van der Waals surface area contributed by atoms with Crippen molar-refractivity contribution in [1.29, 1.82) is 0 Å². The standard InChI is InChI=1S/C21H18FNO5/c1-26-17-8-3-12(9-18(17)27-2)15-10-19(24)23(14-6-4-13(22)5-7-14)16-11-28-21(25)20(15)16/h3-9,15H,10-11H2,1-2H3/t15-/m0/s1. The highest BCUT2D eigenvalue weighted by atomic mass is 19.1. The van der Waals surface area contributed by atoms with Gasteiger partial charge in [0.15, 0.2) is 11.5 Å². The lowest BCUT2D eigenvalue weighted by atomic mass is 9.84. The molecule has 2 aliphatic rings. The quantitative estimate of drug-likeness (QED) is 0.759. The SMILES string of the molecule is COc1ccc([C@@H]2CC(=O)N(c3ccc(F)cc3)C3=C2C(=O)OC3)cc1OC. The van der Waals surface area contributed by atoms with Crippen molar-refractivity contribution in [2.24, 2.45) is 0 Å². The third kappa shape index (κ3) is 2.89. The van der Waals surface area contributed by atoms with Crippen LogP contribution >= 0.6 is 0 Å². The van der Waals surface area contributed by atoms with Crippen LogP contribution < -0.4 is 14.4 Å². The lowest BCUT2D eigenvalue weighted by Gasteiger charge is -2.32. The van der Waals surface area contributed by atoms with Crippen molar-refractivity contribution in [1.82, 2.24) is 0 Å². The van der Waals surface area contributed by atoms with Gasteiger partial charge >= 0.3 is 5.97 Å². The third-order valence-corrected chi connectivity index (χ3v) is 5.01. The minimum atomic E-state index is -0.450. The highest BCUT2D eigenvalue weighted by molar-refractivity contribution is 6.06. The molecule has 2 aromatic carbocycles. The van der Waals surface area contributed by atoms with Gasteiger partial charge in [0.05, 0.1) is 25.5 Å². The molecule has 0 aliphatic carbocycles. The van der Waals surface area contributed by atoms with Gasteiger partial charge in [0.25, 0.3) is 0 Å². The normalized spacial score (nSPS) is 18.8. The van der Waals surface area contributed by atoms with Gasteiger partial charge in [0, 0.05) is 18.0 Å². The average molecular weight is 383 g/mol. The van der Waals surface area contributed by atoms with E-state index in [1.165, 1.54) is 43.4 Å². The maximum atomic E-state index is 13.3. The number of esters is 1. The number of hydrogen-bond donors (Lipinski definition) is 0. The first-order chi connectivity index (χ1) is 13.5. The number of ether oxygens (including phenoxy) is 3. The zero-order valence-corrected chi connectivity index (χ0v) is 15.4. The number of amides is 1. The fourth-order valence-electron chi connectivity index (χ4n) is 3.70. The van der Waals surface area contributed by atoms with Crippen LogP contribution in [0.1, 0.15) is 17.9 Å². The fraction of sp³-hybridized carbons (Fsp3) is 0.238. The fourth-order valence-corrected chi connectivity index (χ4v) is 3.70. The topological polar surface area (TPSA) is 65.1 Å². The highest BCUT2D eigenvalue weighted by Crippen LogP contribution is 2.43. The molecule has 0 aromatic heterocycles. The summed E-state index contributed by atoms with van der Waals surface area (Å²) in [6.07, 6.45) is 0.0841. The number of anilines is 1. The van der Waals surface area contributed by atoms with E-state index in [9.17, 15) is 14.0 Å². The van der Waals surface area contributed by atoms with Crippen molar-refractivity contribution in [3.63, 3.8) is 0 Å². The maximum absolute atomic E-state index is 13.3. The Morgan fingerprint density at radius 3 is 2.43 bits per heavy atom. The first kappa shape index (κ1) is 18.0. The van der Waals surface area contributed by atoms with Crippen LogP contribution in [0.5, 0.6) is 11.5 Å². The van der Waals surface area contributed by atoms with Crippen molar-refractivity contribution < 1.29 is 28.2 Å². The van der Waals surface area contributed by atoms with Crippen LogP contribution in [-0.4, -0.2) is 32.7 Å². The second kappa shape index (κ2) is 6.99. The minimum absolute atomic E-state index is 0.00106. The predicted octanol–water partition coefficient (Wildman–Crippen LogP) is 3.17. The van der Waals surface area contributed by atoms with E-state index in [0.717, 1.165) is 5.56 Å².